The fourth-order valence-electron chi connectivity index (χ4n) is 2.01. The molecule has 0 saturated heterocycles. The lowest BCUT2D eigenvalue weighted by Crippen LogP contribution is -2.08. The molecule has 1 aromatic heterocycles. The lowest BCUT2D eigenvalue weighted by molar-refractivity contribution is 0.354. The highest BCUT2D eigenvalue weighted by Gasteiger charge is 2.05. The SMILES string of the molecule is COc1ccc(CCn2cncc2CN)cc1OC. The van der Waals surface area contributed by atoms with E-state index in [0.29, 0.717) is 6.54 Å². The van der Waals surface area contributed by atoms with Crippen LogP contribution in [0.3, 0.4) is 0 Å². The topological polar surface area (TPSA) is 62.3 Å². The largest absolute Gasteiger partial charge is 0.493 e. The van der Waals surface area contributed by atoms with Gasteiger partial charge < -0.3 is 19.8 Å². The smallest absolute Gasteiger partial charge is 0.160 e. The number of hydrogen-bond acceptors (Lipinski definition) is 4. The highest BCUT2D eigenvalue weighted by molar-refractivity contribution is 5.42. The second-order valence-electron chi connectivity index (χ2n) is 4.22. The van der Waals surface area contributed by atoms with Gasteiger partial charge >= 0.3 is 0 Å². The Balaban J connectivity index is 2.07. The highest BCUT2D eigenvalue weighted by Crippen LogP contribution is 2.27. The maximum absolute atomic E-state index is 5.65. The lowest BCUT2D eigenvalue weighted by Gasteiger charge is -2.10. The first-order valence-corrected chi connectivity index (χ1v) is 6.18. The van der Waals surface area contributed by atoms with Crippen molar-refractivity contribution in [3.63, 3.8) is 0 Å². The Kier molecular flexibility index (Phi) is 4.41. The van der Waals surface area contributed by atoms with Gasteiger partial charge in [-0.2, -0.15) is 0 Å². The van der Waals surface area contributed by atoms with Crippen molar-refractivity contribution >= 4 is 0 Å². The van der Waals surface area contributed by atoms with Gasteiger partial charge in [0.2, 0.25) is 0 Å². The summed E-state index contributed by atoms with van der Waals surface area (Å²) in [5, 5.41) is 0. The zero-order valence-electron chi connectivity index (χ0n) is 11.3. The maximum atomic E-state index is 5.65. The van der Waals surface area contributed by atoms with Crippen LogP contribution in [0.2, 0.25) is 0 Å². The summed E-state index contributed by atoms with van der Waals surface area (Å²) >= 11 is 0. The maximum Gasteiger partial charge on any atom is 0.160 e. The number of ether oxygens (including phenoxy) is 2. The predicted molar refractivity (Wildman–Crippen MR) is 73.4 cm³/mol. The number of aromatic nitrogens is 2. The van der Waals surface area contributed by atoms with E-state index in [4.69, 9.17) is 15.2 Å². The van der Waals surface area contributed by atoms with Crippen molar-refractivity contribution in [1.82, 2.24) is 9.55 Å². The number of nitrogens with zero attached hydrogens (tertiary/aromatic N) is 2. The molecule has 19 heavy (non-hydrogen) atoms. The summed E-state index contributed by atoms with van der Waals surface area (Å²) in [6.07, 6.45) is 4.50. The Labute approximate surface area is 113 Å². The third-order valence-corrected chi connectivity index (χ3v) is 3.10. The quantitative estimate of drug-likeness (QED) is 0.858. The van der Waals surface area contributed by atoms with Gasteiger partial charge in [0.15, 0.2) is 11.5 Å². The predicted octanol–water partition coefficient (Wildman–Crippen LogP) is 1.60. The third-order valence-electron chi connectivity index (χ3n) is 3.10. The molecular formula is C14H19N3O2. The van der Waals surface area contributed by atoms with E-state index in [1.165, 1.54) is 5.56 Å². The third kappa shape index (κ3) is 3.06. The van der Waals surface area contributed by atoms with E-state index in [1.807, 2.05) is 24.5 Å². The van der Waals surface area contributed by atoms with Gasteiger partial charge in [-0.25, -0.2) is 4.98 Å². The molecule has 0 fully saturated rings. The molecule has 0 saturated carbocycles. The number of imidazole rings is 1. The Morgan fingerprint density at radius 2 is 2.00 bits per heavy atom. The molecule has 5 heteroatoms. The first-order valence-electron chi connectivity index (χ1n) is 6.18. The van der Waals surface area contributed by atoms with Crippen molar-refractivity contribution in [1.29, 1.82) is 0 Å². The van der Waals surface area contributed by atoms with Crippen LogP contribution in [0.15, 0.2) is 30.7 Å². The van der Waals surface area contributed by atoms with Crippen LogP contribution < -0.4 is 15.2 Å². The zero-order chi connectivity index (χ0) is 13.7. The molecule has 1 aromatic carbocycles. The van der Waals surface area contributed by atoms with E-state index in [2.05, 4.69) is 9.55 Å². The van der Waals surface area contributed by atoms with Gasteiger partial charge in [0, 0.05) is 19.3 Å². The Morgan fingerprint density at radius 1 is 1.21 bits per heavy atom. The second kappa shape index (κ2) is 6.24. The minimum atomic E-state index is 0.506. The van der Waals surface area contributed by atoms with Crippen molar-refractivity contribution in [2.75, 3.05) is 14.2 Å². The normalized spacial score (nSPS) is 10.5. The number of rotatable bonds is 6. The summed E-state index contributed by atoms with van der Waals surface area (Å²) in [6, 6.07) is 5.96. The molecule has 2 aromatic rings. The average Bonchev–Trinajstić information content (AvgIpc) is 2.92. The minimum absolute atomic E-state index is 0.506. The first-order chi connectivity index (χ1) is 9.28. The molecule has 1 heterocycles. The molecule has 5 nitrogen and oxygen atoms in total. The highest BCUT2D eigenvalue weighted by atomic mass is 16.5. The molecule has 0 aliphatic heterocycles. The second-order valence-corrected chi connectivity index (χ2v) is 4.22. The number of hydrogen-bond donors (Lipinski definition) is 1. The lowest BCUT2D eigenvalue weighted by atomic mass is 10.1. The molecule has 0 spiro atoms. The summed E-state index contributed by atoms with van der Waals surface area (Å²) in [5.41, 5.74) is 7.88. The molecule has 0 aliphatic rings. The van der Waals surface area contributed by atoms with E-state index in [-0.39, 0.29) is 0 Å². The van der Waals surface area contributed by atoms with E-state index >= 15 is 0 Å². The number of nitrogens with two attached hydrogens (primary N) is 1. The molecule has 0 bridgehead atoms. The molecule has 0 unspecified atom stereocenters. The van der Waals surface area contributed by atoms with E-state index in [1.54, 1.807) is 20.4 Å². The fraction of sp³-hybridized carbons (Fsp3) is 0.357. The van der Waals surface area contributed by atoms with Gasteiger partial charge in [-0.05, 0) is 24.1 Å². The van der Waals surface area contributed by atoms with Crippen LogP contribution in [-0.4, -0.2) is 23.8 Å². The van der Waals surface area contributed by atoms with Crippen molar-refractivity contribution in [2.24, 2.45) is 5.73 Å². The van der Waals surface area contributed by atoms with Crippen LogP contribution in [-0.2, 0) is 19.5 Å². The molecule has 102 valence electrons. The number of benzene rings is 1. The summed E-state index contributed by atoms with van der Waals surface area (Å²) in [6.45, 7) is 1.36. The Morgan fingerprint density at radius 3 is 2.68 bits per heavy atom. The van der Waals surface area contributed by atoms with E-state index in [9.17, 15) is 0 Å². The molecule has 2 rings (SSSR count). The Hall–Kier alpha value is -2.01. The van der Waals surface area contributed by atoms with Gasteiger partial charge in [-0.1, -0.05) is 6.07 Å². The average molecular weight is 261 g/mol. The van der Waals surface area contributed by atoms with Crippen molar-refractivity contribution < 1.29 is 9.47 Å². The van der Waals surface area contributed by atoms with Gasteiger partial charge in [0.25, 0.3) is 0 Å². The molecule has 2 N–H and O–H groups in total. The summed E-state index contributed by atoms with van der Waals surface area (Å²) in [5.74, 6) is 1.50. The van der Waals surface area contributed by atoms with Crippen LogP contribution >= 0.6 is 0 Å². The fourth-order valence-corrected chi connectivity index (χ4v) is 2.01. The van der Waals surface area contributed by atoms with Gasteiger partial charge in [0.1, 0.15) is 0 Å². The molecule has 0 aliphatic carbocycles. The van der Waals surface area contributed by atoms with Crippen LogP contribution in [0, 0.1) is 0 Å². The monoisotopic (exact) mass is 261 g/mol. The Bertz CT molecular complexity index is 537. The van der Waals surface area contributed by atoms with Gasteiger partial charge in [-0.3, -0.25) is 0 Å². The number of aryl methyl sites for hydroxylation is 2. The van der Waals surface area contributed by atoms with Crippen molar-refractivity contribution in [3.05, 3.63) is 42.0 Å². The molecule has 0 radical (unpaired) electrons. The standard InChI is InChI=1S/C14H19N3O2/c1-18-13-4-3-11(7-14(13)19-2)5-6-17-10-16-9-12(17)8-15/h3-4,7,9-10H,5-6,8,15H2,1-2H3. The molecule has 0 amide bonds. The zero-order valence-corrected chi connectivity index (χ0v) is 11.3. The summed E-state index contributed by atoms with van der Waals surface area (Å²) < 4.78 is 12.6. The van der Waals surface area contributed by atoms with Crippen LogP contribution in [0.5, 0.6) is 11.5 Å². The summed E-state index contributed by atoms with van der Waals surface area (Å²) in [7, 11) is 3.28. The van der Waals surface area contributed by atoms with Gasteiger partial charge in [-0.15, -0.1) is 0 Å². The minimum Gasteiger partial charge on any atom is -0.493 e. The van der Waals surface area contributed by atoms with E-state index in [0.717, 1.165) is 30.2 Å². The molecular weight excluding hydrogens is 242 g/mol. The van der Waals surface area contributed by atoms with Crippen molar-refractivity contribution in [2.45, 2.75) is 19.5 Å². The summed E-state index contributed by atoms with van der Waals surface area (Å²) in [4.78, 5) is 4.10. The van der Waals surface area contributed by atoms with E-state index < -0.39 is 0 Å². The van der Waals surface area contributed by atoms with Crippen LogP contribution in [0.25, 0.3) is 0 Å². The number of methoxy groups -OCH3 is 2. The first kappa shape index (κ1) is 13.4. The molecule has 0 atom stereocenters. The van der Waals surface area contributed by atoms with Crippen LogP contribution in [0.4, 0.5) is 0 Å². The van der Waals surface area contributed by atoms with Gasteiger partial charge in [0.05, 0.1) is 26.2 Å². The van der Waals surface area contributed by atoms with Crippen molar-refractivity contribution in [3.8, 4) is 11.5 Å². The van der Waals surface area contributed by atoms with Crippen LogP contribution in [0.1, 0.15) is 11.3 Å².